The molecule has 0 aliphatic heterocycles. The van der Waals surface area contributed by atoms with E-state index in [2.05, 4.69) is 0 Å². The van der Waals surface area contributed by atoms with Gasteiger partial charge < -0.3 is 9.64 Å². The number of methoxy groups -OCH3 is 1. The van der Waals surface area contributed by atoms with Crippen LogP contribution in [0.25, 0.3) is 0 Å². The van der Waals surface area contributed by atoms with Crippen LogP contribution in [0.4, 0.5) is 0 Å². The zero-order valence-electron chi connectivity index (χ0n) is 13.7. The minimum atomic E-state index is -0.430. The van der Waals surface area contributed by atoms with Gasteiger partial charge in [-0.1, -0.05) is 42.5 Å². The SMILES string of the molecule is COC(=O)CN(Cc1ccccc1C)C(=O)c1ccccc1C. The first-order valence-electron chi connectivity index (χ1n) is 7.49. The van der Waals surface area contributed by atoms with Gasteiger partial charge in [0, 0.05) is 12.1 Å². The average Bonchev–Trinajstić information content (AvgIpc) is 2.55. The summed E-state index contributed by atoms with van der Waals surface area (Å²) in [6, 6.07) is 15.2. The Bertz CT molecular complexity index is 709. The van der Waals surface area contributed by atoms with Gasteiger partial charge >= 0.3 is 5.97 Å². The topological polar surface area (TPSA) is 46.6 Å². The molecular weight excluding hydrogens is 290 g/mol. The molecule has 0 unspecified atom stereocenters. The quantitative estimate of drug-likeness (QED) is 0.797. The Morgan fingerprint density at radius 2 is 1.57 bits per heavy atom. The van der Waals surface area contributed by atoms with Crippen molar-refractivity contribution in [1.82, 2.24) is 4.90 Å². The zero-order chi connectivity index (χ0) is 16.8. The van der Waals surface area contributed by atoms with Crippen LogP contribution >= 0.6 is 0 Å². The summed E-state index contributed by atoms with van der Waals surface area (Å²) < 4.78 is 4.73. The number of ether oxygens (including phenoxy) is 1. The molecule has 0 saturated heterocycles. The zero-order valence-corrected chi connectivity index (χ0v) is 13.7. The highest BCUT2D eigenvalue weighted by Crippen LogP contribution is 2.15. The van der Waals surface area contributed by atoms with E-state index >= 15 is 0 Å². The minimum Gasteiger partial charge on any atom is -0.468 e. The molecule has 2 rings (SSSR count). The summed E-state index contributed by atoms with van der Waals surface area (Å²) in [5.41, 5.74) is 3.58. The highest BCUT2D eigenvalue weighted by Gasteiger charge is 2.21. The normalized spacial score (nSPS) is 10.2. The summed E-state index contributed by atoms with van der Waals surface area (Å²) in [5, 5.41) is 0. The van der Waals surface area contributed by atoms with E-state index in [0.29, 0.717) is 12.1 Å². The van der Waals surface area contributed by atoms with Gasteiger partial charge in [0.25, 0.3) is 5.91 Å². The lowest BCUT2D eigenvalue weighted by Gasteiger charge is -2.23. The van der Waals surface area contributed by atoms with Gasteiger partial charge in [-0.2, -0.15) is 0 Å². The van der Waals surface area contributed by atoms with Crippen molar-refractivity contribution in [1.29, 1.82) is 0 Å². The Kier molecular flexibility index (Phi) is 5.52. The maximum atomic E-state index is 12.9. The van der Waals surface area contributed by atoms with Crippen LogP contribution in [0.3, 0.4) is 0 Å². The molecule has 0 atom stereocenters. The molecule has 0 aliphatic carbocycles. The molecular formula is C19H21NO3. The van der Waals surface area contributed by atoms with Gasteiger partial charge in [-0.3, -0.25) is 9.59 Å². The number of esters is 1. The summed E-state index contributed by atoms with van der Waals surface area (Å²) in [6.45, 7) is 4.17. The van der Waals surface area contributed by atoms with Crippen LogP contribution < -0.4 is 0 Å². The van der Waals surface area contributed by atoms with Gasteiger partial charge in [0.1, 0.15) is 6.54 Å². The number of rotatable bonds is 5. The number of amides is 1. The third-order valence-corrected chi connectivity index (χ3v) is 3.83. The lowest BCUT2D eigenvalue weighted by atomic mass is 10.1. The minimum absolute atomic E-state index is 0.0714. The predicted molar refractivity (Wildman–Crippen MR) is 89.1 cm³/mol. The van der Waals surface area contributed by atoms with E-state index in [1.54, 1.807) is 6.07 Å². The first kappa shape index (κ1) is 16.7. The highest BCUT2D eigenvalue weighted by molar-refractivity contribution is 5.97. The van der Waals surface area contributed by atoms with Gasteiger partial charge in [-0.25, -0.2) is 0 Å². The first-order valence-corrected chi connectivity index (χ1v) is 7.49. The van der Waals surface area contributed by atoms with Crippen molar-refractivity contribution in [2.45, 2.75) is 20.4 Å². The first-order chi connectivity index (χ1) is 11.0. The van der Waals surface area contributed by atoms with Crippen molar-refractivity contribution in [3.63, 3.8) is 0 Å². The standard InChI is InChI=1S/C19H21NO3/c1-14-8-4-6-10-16(14)12-20(13-18(21)23-3)19(22)17-11-7-5-9-15(17)2/h4-11H,12-13H2,1-3H3. The largest absolute Gasteiger partial charge is 0.468 e. The number of hydrogen-bond donors (Lipinski definition) is 0. The van der Waals surface area contributed by atoms with E-state index < -0.39 is 5.97 Å². The number of nitrogens with zero attached hydrogens (tertiary/aromatic N) is 1. The van der Waals surface area contributed by atoms with Gasteiger partial charge in [0.05, 0.1) is 7.11 Å². The monoisotopic (exact) mass is 311 g/mol. The third kappa shape index (κ3) is 4.19. The van der Waals surface area contributed by atoms with Crippen molar-refractivity contribution in [3.8, 4) is 0 Å². The van der Waals surface area contributed by atoms with E-state index in [0.717, 1.165) is 16.7 Å². The third-order valence-electron chi connectivity index (χ3n) is 3.83. The molecule has 1 amide bonds. The second-order valence-electron chi connectivity index (χ2n) is 5.48. The molecule has 2 aromatic rings. The molecule has 2 aromatic carbocycles. The summed E-state index contributed by atoms with van der Waals surface area (Å²) in [5.74, 6) is -0.600. The Balaban J connectivity index is 2.30. The molecule has 23 heavy (non-hydrogen) atoms. The Morgan fingerprint density at radius 3 is 2.17 bits per heavy atom. The molecule has 4 heteroatoms. The lowest BCUT2D eigenvalue weighted by molar-refractivity contribution is -0.141. The van der Waals surface area contributed by atoms with Crippen molar-refractivity contribution in [3.05, 3.63) is 70.8 Å². The summed E-state index contributed by atoms with van der Waals surface area (Å²) >= 11 is 0. The number of carbonyl (C=O) groups is 2. The molecule has 0 radical (unpaired) electrons. The maximum absolute atomic E-state index is 12.9. The van der Waals surface area contributed by atoms with Gasteiger partial charge in [-0.05, 0) is 36.6 Å². The van der Waals surface area contributed by atoms with E-state index in [1.165, 1.54) is 12.0 Å². The summed E-state index contributed by atoms with van der Waals surface area (Å²) in [7, 11) is 1.33. The smallest absolute Gasteiger partial charge is 0.325 e. The fourth-order valence-corrected chi connectivity index (χ4v) is 2.40. The Labute approximate surface area is 136 Å². The van der Waals surface area contributed by atoms with Gasteiger partial charge in [-0.15, -0.1) is 0 Å². The van der Waals surface area contributed by atoms with Crippen LogP contribution in [0.15, 0.2) is 48.5 Å². The van der Waals surface area contributed by atoms with Gasteiger partial charge in [0.15, 0.2) is 0 Å². The molecule has 0 N–H and O–H groups in total. The molecule has 120 valence electrons. The summed E-state index contributed by atoms with van der Waals surface area (Å²) in [6.07, 6.45) is 0. The van der Waals surface area contributed by atoms with Crippen molar-refractivity contribution < 1.29 is 14.3 Å². The second-order valence-corrected chi connectivity index (χ2v) is 5.48. The van der Waals surface area contributed by atoms with E-state index in [-0.39, 0.29) is 12.5 Å². The molecule has 0 bridgehead atoms. The number of hydrogen-bond acceptors (Lipinski definition) is 3. The van der Waals surface area contributed by atoms with Crippen molar-refractivity contribution in [2.75, 3.05) is 13.7 Å². The molecule has 4 nitrogen and oxygen atoms in total. The average molecular weight is 311 g/mol. The fourth-order valence-electron chi connectivity index (χ4n) is 2.40. The van der Waals surface area contributed by atoms with E-state index in [4.69, 9.17) is 4.74 Å². The van der Waals surface area contributed by atoms with Crippen LogP contribution in [-0.4, -0.2) is 30.4 Å². The fraction of sp³-hybridized carbons (Fsp3) is 0.263. The Morgan fingerprint density at radius 1 is 0.957 bits per heavy atom. The predicted octanol–water partition coefficient (Wildman–Crippen LogP) is 3.12. The molecule has 0 heterocycles. The van der Waals surface area contributed by atoms with Crippen LogP contribution in [0, 0.1) is 13.8 Å². The van der Waals surface area contributed by atoms with Crippen LogP contribution in [0.5, 0.6) is 0 Å². The molecule has 0 saturated carbocycles. The maximum Gasteiger partial charge on any atom is 0.325 e. The van der Waals surface area contributed by atoms with Crippen molar-refractivity contribution >= 4 is 11.9 Å². The van der Waals surface area contributed by atoms with Crippen molar-refractivity contribution in [2.24, 2.45) is 0 Å². The molecule has 0 aromatic heterocycles. The van der Waals surface area contributed by atoms with E-state index in [9.17, 15) is 9.59 Å². The number of aryl methyl sites for hydroxylation is 2. The number of carbonyl (C=O) groups excluding carboxylic acids is 2. The Hall–Kier alpha value is -2.62. The van der Waals surface area contributed by atoms with E-state index in [1.807, 2.05) is 56.3 Å². The van der Waals surface area contributed by atoms with Gasteiger partial charge in [0.2, 0.25) is 0 Å². The lowest BCUT2D eigenvalue weighted by Crippen LogP contribution is -2.36. The summed E-state index contributed by atoms with van der Waals surface area (Å²) in [4.78, 5) is 26.1. The van der Waals surface area contributed by atoms with Crippen LogP contribution in [0.1, 0.15) is 27.0 Å². The molecule has 0 spiro atoms. The second kappa shape index (κ2) is 7.58. The van der Waals surface area contributed by atoms with Crippen LogP contribution in [0.2, 0.25) is 0 Å². The molecule has 0 aliphatic rings. The highest BCUT2D eigenvalue weighted by atomic mass is 16.5. The molecule has 0 fully saturated rings. The van der Waals surface area contributed by atoms with Crippen LogP contribution in [-0.2, 0) is 16.1 Å². The number of benzene rings is 2.